The Kier molecular flexibility index (Phi) is 2.32. The molecule has 0 aromatic heterocycles. The zero-order valence-corrected chi connectivity index (χ0v) is 6.52. The molecule has 1 fully saturated rings. The van der Waals surface area contributed by atoms with Crippen molar-refractivity contribution in [2.24, 2.45) is 5.73 Å². The highest BCUT2D eigenvalue weighted by molar-refractivity contribution is 9.09. The normalized spacial score (nSPS) is 39.8. The molecule has 1 aliphatic carbocycles. The van der Waals surface area contributed by atoms with Gasteiger partial charge in [-0.15, -0.1) is 0 Å². The van der Waals surface area contributed by atoms with Crippen LogP contribution in [0.1, 0.15) is 25.7 Å². The van der Waals surface area contributed by atoms with Crippen LogP contribution >= 0.6 is 15.9 Å². The molecular formula is C6H12BrN. The van der Waals surface area contributed by atoms with Crippen molar-refractivity contribution in [2.45, 2.75) is 36.6 Å². The number of alkyl halides is 1. The second-order valence-electron chi connectivity index (χ2n) is 2.46. The molecule has 1 aliphatic rings. The van der Waals surface area contributed by atoms with Crippen LogP contribution in [0.3, 0.4) is 0 Å². The molecule has 0 spiro atoms. The van der Waals surface area contributed by atoms with Crippen LogP contribution in [0, 0.1) is 0 Å². The van der Waals surface area contributed by atoms with Crippen molar-refractivity contribution >= 4 is 15.9 Å². The molecule has 1 saturated carbocycles. The van der Waals surface area contributed by atoms with Gasteiger partial charge in [0, 0.05) is 10.9 Å². The maximum absolute atomic E-state index is 5.73. The van der Waals surface area contributed by atoms with E-state index in [0.29, 0.717) is 10.9 Å². The third-order valence-corrected chi connectivity index (χ3v) is 2.87. The van der Waals surface area contributed by atoms with E-state index in [2.05, 4.69) is 15.9 Å². The fourth-order valence-electron chi connectivity index (χ4n) is 1.11. The average Bonchev–Trinajstić information content (AvgIpc) is 1.77. The molecule has 0 aromatic carbocycles. The molecule has 0 radical (unpaired) electrons. The van der Waals surface area contributed by atoms with E-state index < -0.39 is 0 Å². The molecule has 0 aromatic rings. The van der Waals surface area contributed by atoms with Gasteiger partial charge in [-0.05, 0) is 12.8 Å². The topological polar surface area (TPSA) is 26.0 Å². The first-order valence-corrected chi connectivity index (χ1v) is 4.12. The van der Waals surface area contributed by atoms with Crippen LogP contribution in [-0.4, -0.2) is 10.9 Å². The molecule has 0 amide bonds. The van der Waals surface area contributed by atoms with Crippen molar-refractivity contribution in [3.05, 3.63) is 0 Å². The van der Waals surface area contributed by atoms with E-state index in [1.807, 2.05) is 0 Å². The van der Waals surface area contributed by atoms with Gasteiger partial charge in [0.05, 0.1) is 0 Å². The minimum atomic E-state index is 0.420. The Bertz CT molecular complexity index is 64.9. The standard InChI is InChI=1S/C6H12BrN/c7-5-3-1-2-4-6(5)8/h5-6H,1-4,8H2/t5-,6+/m0/s1. The monoisotopic (exact) mass is 177 g/mol. The van der Waals surface area contributed by atoms with Gasteiger partial charge < -0.3 is 5.73 Å². The van der Waals surface area contributed by atoms with Crippen LogP contribution in [0.15, 0.2) is 0 Å². The molecule has 1 nitrogen and oxygen atoms in total. The first-order valence-electron chi connectivity index (χ1n) is 3.20. The summed E-state index contributed by atoms with van der Waals surface area (Å²) in [5.74, 6) is 0. The van der Waals surface area contributed by atoms with Crippen LogP contribution in [0.5, 0.6) is 0 Å². The summed E-state index contributed by atoms with van der Waals surface area (Å²) in [6, 6.07) is 0.420. The number of hydrogen-bond acceptors (Lipinski definition) is 1. The van der Waals surface area contributed by atoms with E-state index >= 15 is 0 Å². The second kappa shape index (κ2) is 2.83. The quantitative estimate of drug-likeness (QED) is 0.560. The molecule has 2 atom stereocenters. The molecule has 0 unspecified atom stereocenters. The Hall–Kier alpha value is 0.440. The Morgan fingerprint density at radius 3 is 2.25 bits per heavy atom. The van der Waals surface area contributed by atoms with E-state index in [4.69, 9.17) is 5.73 Å². The maximum Gasteiger partial charge on any atom is 0.0297 e. The molecule has 0 saturated heterocycles. The predicted octanol–water partition coefficient (Wildman–Crippen LogP) is 1.65. The van der Waals surface area contributed by atoms with Gasteiger partial charge in [0.15, 0.2) is 0 Å². The summed E-state index contributed by atoms with van der Waals surface area (Å²) < 4.78 is 0. The van der Waals surface area contributed by atoms with E-state index in [1.165, 1.54) is 25.7 Å². The lowest BCUT2D eigenvalue weighted by Gasteiger charge is -2.22. The molecule has 0 heterocycles. The molecular weight excluding hydrogens is 166 g/mol. The van der Waals surface area contributed by atoms with Crippen molar-refractivity contribution in [1.29, 1.82) is 0 Å². The van der Waals surface area contributed by atoms with Crippen LogP contribution in [-0.2, 0) is 0 Å². The molecule has 2 N–H and O–H groups in total. The van der Waals surface area contributed by atoms with Gasteiger partial charge in [-0.1, -0.05) is 28.8 Å². The SMILES string of the molecule is N[C@@H]1CCCC[C@@H]1Br. The van der Waals surface area contributed by atoms with Crippen LogP contribution in [0.25, 0.3) is 0 Å². The summed E-state index contributed by atoms with van der Waals surface area (Å²) in [5.41, 5.74) is 5.73. The van der Waals surface area contributed by atoms with Crippen molar-refractivity contribution < 1.29 is 0 Å². The first-order chi connectivity index (χ1) is 3.80. The van der Waals surface area contributed by atoms with Gasteiger partial charge in [-0.25, -0.2) is 0 Å². The minimum absolute atomic E-state index is 0.420. The zero-order valence-electron chi connectivity index (χ0n) is 4.94. The lowest BCUT2D eigenvalue weighted by Crippen LogP contribution is -2.33. The van der Waals surface area contributed by atoms with E-state index in [9.17, 15) is 0 Å². The van der Waals surface area contributed by atoms with Gasteiger partial charge >= 0.3 is 0 Å². The Morgan fingerprint density at radius 1 is 1.25 bits per heavy atom. The van der Waals surface area contributed by atoms with Crippen LogP contribution in [0.4, 0.5) is 0 Å². The van der Waals surface area contributed by atoms with E-state index in [-0.39, 0.29) is 0 Å². The predicted molar refractivity (Wildman–Crippen MR) is 39.2 cm³/mol. The highest BCUT2D eigenvalue weighted by Gasteiger charge is 2.17. The Balaban J connectivity index is 2.28. The van der Waals surface area contributed by atoms with Crippen molar-refractivity contribution in [3.8, 4) is 0 Å². The van der Waals surface area contributed by atoms with Crippen LogP contribution < -0.4 is 5.73 Å². The number of hydrogen-bond donors (Lipinski definition) is 1. The van der Waals surface area contributed by atoms with Crippen molar-refractivity contribution in [3.63, 3.8) is 0 Å². The second-order valence-corrected chi connectivity index (χ2v) is 3.64. The minimum Gasteiger partial charge on any atom is -0.327 e. The highest BCUT2D eigenvalue weighted by Crippen LogP contribution is 2.22. The molecule has 2 heteroatoms. The summed E-state index contributed by atoms with van der Waals surface area (Å²) in [5, 5.41) is 0. The van der Waals surface area contributed by atoms with E-state index in [1.54, 1.807) is 0 Å². The van der Waals surface area contributed by atoms with Gasteiger partial charge in [0.2, 0.25) is 0 Å². The molecule has 0 aliphatic heterocycles. The van der Waals surface area contributed by atoms with Gasteiger partial charge in [-0.3, -0.25) is 0 Å². The molecule has 8 heavy (non-hydrogen) atoms. The maximum atomic E-state index is 5.73. The molecule has 0 bridgehead atoms. The van der Waals surface area contributed by atoms with E-state index in [0.717, 1.165) is 0 Å². The largest absolute Gasteiger partial charge is 0.327 e. The van der Waals surface area contributed by atoms with Crippen molar-refractivity contribution in [1.82, 2.24) is 0 Å². The summed E-state index contributed by atoms with van der Waals surface area (Å²) in [4.78, 5) is 0.594. The zero-order chi connectivity index (χ0) is 5.98. The third-order valence-electron chi connectivity index (χ3n) is 1.73. The average molecular weight is 178 g/mol. The van der Waals surface area contributed by atoms with Gasteiger partial charge in [0.1, 0.15) is 0 Å². The highest BCUT2D eigenvalue weighted by atomic mass is 79.9. The number of halogens is 1. The fourth-order valence-corrected chi connectivity index (χ4v) is 1.70. The lowest BCUT2D eigenvalue weighted by molar-refractivity contribution is 0.458. The third kappa shape index (κ3) is 1.46. The fraction of sp³-hybridized carbons (Fsp3) is 1.00. The summed E-state index contributed by atoms with van der Waals surface area (Å²) >= 11 is 3.53. The molecule has 1 rings (SSSR count). The molecule has 48 valence electrons. The summed E-state index contributed by atoms with van der Waals surface area (Å²) in [7, 11) is 0. The Morgan fingerprint density at radius 2 is 1.88 bits per heavy atom. The van der Waals surface area contributed by atoms with Gasteiger partial charge in [0.25, 0.3) is 0 Å². The Labute approximate surface area is 58.8 Å². The van der Waals surface area contributed by atoms with Crippen LogP contribution in [0.2, 0.25) is 0 Å². The lowest BCUT2D eigenvalue weighted by atomic mass is 9.96. The van der Waals surface area contributed by atoms with Gasteiger partial charge in [-0.2, -0.15) is 0 Å². The number of rotatable bonds is 0. The summed E-state index contributed by atoms with van der Waals surface area (Å²) in [6.07, 6.45) is 5.14. The smallest absolute Gasteiger partial charge is 0.0297 e. The summed E-state index contributed by atoms with van der Waals surface area (Å²) in [6.45, 7) is 0. The number of nitrogens with two attached hydrogens (primary N) is 1. The van der Waals surface area contributed by atoms with Crippen molar-refractivity contribution in [2.75, 3.05) is 0 Å². The first kappa shape index (κ1) is 6.56.